The maximum absolute atomic E-state index is 5.55. The van der Waals surface area contributed by atoms with Crippen LogP contribution in [0.1, 0.15) is 58.8 Å². The van der Waals surface area contributed by atoms with E-state index in [1.807, 2.05) is 0 Å². The van der Waals surface area contributed by atoms with Gasteiger partial charge in [-0.15, -0.1) is 0 Å². The van der Waals surface area contributed by atoms with Crippen LogP contribution in [0.25, 0.3) is 0 Å². The van der Waals surface area contributed by atoms with E-state index in [1.54, 1.807) is 38.5 Å². The topological polar surface area (TPSA) is 12.5 Å². The quantitative estimate of drug-likeness (QED) is 0.780. The van der Waals surface area contributed by atoms with Crippen LogP contribution in [0.2, 0.25) is 0 Å². The van der Waals surface area contributed by atoms with Crippen molar-refractivity contribution in [1.29, 1.82) is 0 Å². The van der Waals surface area contributed by atoms with Gasteiger partial charge in [0.15, 0.2) is 0 Å². The molecule has 2 heteroatoms. The highest BCUT2D eigenvalue weighted by atomic mass is 16.5. The molecular weight excluding hydrogens is 246 g/mol. The third-order valence-electron chi connectivity index (χ3n) is 6.84. The van der Waals surface area contributed by atoms with Crippen molar-refractivity contribution in [3.05, 3.63) is 0 Å². The average Bonchev–Trinajstić information content (AvgIpc) is 2.36. The van der Waals surface area contributed by atoms with Crippen LogP contribution in [0, 0.1) is 23.2 Å². The molecule has 4 saturated carbocycles. The summed E-state index contributed by atoms with van der Waals surface area (Å²) in [5.41, 5.74) is 1.08. The molecule has 1 heterocycles. The standard InChI is InChI=1S/C18H31NO/c1-17(2,19-3-5-20-6-4-19)13-18-10-14-7-15(11-18)9-16(8-14)12-18/h14-16H,3-13H2,1-2H3. The van der Waals surface area contributed by atoms with Crippen molar-refractivity contribution in [2.45, 2.75) is 64.3 Å². The van der Waals surface area contributed by atoms with E-state index in [9.17, 15) is 0 Å². The number of hydrogen-bond donors (Lipinski definition) is 0. The van der Waals surface area contributed by atoms with Crippen LogP contribution in [-0.4, -0.2) is 36.7 Å². The van der Waals surface area contributed by atoms with Crippen LogP contribution in [0.4, 0.5) is 0 Å². The zero-order valence-corrected chi connectivity index (χ0v) is 13.4. The van der Waals surface area contributed by atoms with Gasteiger partial charge in [-0.2, -0.15) is 0 Å². The molecule has 0 unspecified atom stereocenters. The van der Waals surface area contributed by atoms with Crippen molar-refractivity contribution in [1.82, 2.24) is 4.90 Å². The summed E-state index contributed by atoms with van der Waals surface area (Å²) in [6.07, 6.45) is 10.8. The zero-order chi connectivity index (χ0) is 13.8. The molecule has 20 heavy (non-hydrogen) atoms. The lowest BCUT2D eigenvalue weighted by molar-refractivity contribution is -0.0933. The van der Waals surface area contributed by atoms with Crippen molar-refractivity contribution < 1.29 is 4.74 Å². The Kier molecular flexibility index (Phi) is 3.20. The van der Waals surface area contributed by atoms with Crippen LogP contribution in [0.5, 0.6) is 0 Å². The van der Waals surface area contributed by atoms with Crippen LogP contribution in [-0.2, 0) is 4.74 Å². The normalized spacial score (nSPS) is 45.0. The molecule has 5 rings (SSSR count). The van der Waals surface area contributed by atoms with Crippen LogP contribution in [0.3, 0.4) is 0 Å². The molecule has 1 saturated heterocycles. The molecule has 5 fully saturated rings. The Labute approximate surface area is 124 Å². The lowest BCUT2D eigenvalue weighted by Crippen LogP contribution is -2.55. The van der Waals surface area contributed by atoms with E-state index in [-0.39, 0.29) is 0 Å². The average molecular weight is 277 g/mol. The van der Waals surface area contributed by atoms with Gasteiger partial charge in [0.2, 0.25) is 0 Å². The number of nitrogens with zero attached hydrogens (tertiary/aromatic N) is 1. The Balaban J connectivity index is 1.50. The molecule has 0 atom stereocenters. The van der Waals surface area contributed by atoms with Gasteiger partial charge in [0.1, 0.15) is 0 Å². The Morgan fingerprint density at radius 1 is 0.950 bits per heavy atom. The Morgan fingerprint density at radius 3 is 1.95 bits per heavy atom. The summed E-state index contributed by atoms with van der Waals surface area (Å²) in [6.45, 7) is 9.14. The van der Waals surface area contributed by atoms with Gasteiger partial charge in [0.25, 0.3) is 0 Å². The SMILES string of the molecule is CC(C)(CC12CC3CC(CC(C3)C1)C2)N1CCOCC1. The highest BCUT2D eigenvalue weighted by molar-refractivity contribution is 5.04. The molecule has 0 spiro atoms. The Morgan fingerprint density at radius 2 is 1.45 bits per heavy atom. The minimum absolute atomic E-state index is 0.370. The van der Waals surface area contributed by atoms with Crippen molar-refractivity contribution in [2.75, 3.05) is 26.3 Å². The summed E-state index contributed by atoms with van der Waals surface area (Å²) in [7, 11) is 0. The molecular formula is C18H31NO. The molecule has 0 radical (unpaired) electrons. The highest BCUT2D eigenvalue weighted by Gasteiger charge is 2.52. The Hall–Kier alpha value is -0.0800. The lowest BCUT2D eigenvalue weighted by atomic mass is 9.47. The third kappa shape index (κ3) is 2.33. The van der Waals surface area contributed by atoms with E-state index in [4.69, 9.17) is 4.74 Å². The van der Waals surface area contributed by atoms with Gasteiger partial charge in [0, 0.05) is 18.6 Å². The van der Waals surface area contributed by atoms with Crippen molar-refractivity contribution in [3.63, 3.8) is 0 Å². The third-order valence-corrected chi connectivity index (χ3v) is 6.84. The molecule has 0 amide bonds. The van der Waals surface area contributed by atoms with Gasteiger partial charge in [0.05, 0.1) is 13.2 Å². The second kappa shape index (κ2) is 4.71. The van der Waals surface area contributed by atoms with Gasteiger partial charge >= 0.3 is 0 Å². The molecule has 0 aromatic heterocycles. The molecule has 4 aliphatic carbocycles. The molecule has 4 bridgehead atoms. The van der Waals surface area contributed by atoms with E-state index in [0.29, 0.717) is 11.0 Å². The van der Waals surface area contributed by atoms with E-state index >= 15 is 0 Å². The van der Waals surface area contributed by atoms with Crippen LogP contribution < -0.4 is 0 Å². The van der Waals surface area contributed by atoms with E-state index in [0.717, 1.165) is 44.1 Å². The van der Waals surface area contributed by atoms with Crippen molar-refractivity contribution in [2.24, 2.45) is 23.2 Å². The van der Waals surface area contributed by atoms with Crippen LogP contribution in [0.15, 0.2) is 0 Å². The van der Waals surface area contributed by atoms with Gasteiger partial charge in [-0.25, -0.2) is 0 Å². The fraction of sp³-hybridized carbons (Fsp3) is 1.00. The maximum atomic E-state index is 5.55. The van der Waals surface area contributed by atoms with Gasteiger partial charge in [-0.05, 0) is 82.0 Å². The van der Waals surface area contributed by atoms with Gasteiger partial charge < -0.3 is 4.74 Å². The minimum atomic E-state index is 0.370. The number of hydrogen-bond acceptors (Lipinski definition) is 2. The van der Waals surface area contributed by atoms with Crippen molar-refractivity contribution >= 4 is 0 Å². The first kappa shape index (κ1) is 13.6. The molecule has 0 N–H and O–H groups in total. The maximum Gasteiger partial charge on any atom is 0.0594 e. The highest BCUT2D eigenvalue weighted by Crippen LogP contribution is 2.62. The second-order valence-corrected chi connectivity index (χ2v) is 9.01. The molecule has 114 valence electrons. The predicted molar refractivity (Wildman–Crippen MR) is 81.7 cm³/mol. The fourth-order valence-corrected chi connectivity index (χ4v) is 6.70. The number of ether oxygens (including phenoxy) is 1. The number of morpholine rings is 1. The molecule has 5 aliphatic rings. The first-order chi connectivity index (χ1) is 9.55. The summed E-state index contributed by atoms with van der Waals surface area (Å²) in [4.78, 5) is 2.70. The Bertz CT molecular complexity index is 334. The predicted octanol–water partition coefficient (Wildman–Crippen LogP) is 3.70. The minimum Gasteiger partial charge on any atom is -0.379 e. The van der Waals surface area contributed by atoms with E-state index in [1.165, 1.54) is 6.42 Å². The van der Waals surface area contributed by atoms with Crippen molar-refractivity contribution in [3.8, 4) is 0 Å². The lowest BCUT2D eigenvalue weighted by Gasteiger charge is -2.59. The van der Waals surface area contributed by atoms with Gasteiger partial charge in [-0.3, -0.25) is 4.90 Å². The summed E-state index contributed by atoms with van der Waals surface area (Å²) in [5, 5.41) is 0. The monoisotopic (exact) mass is 277 g/mol. The smallest absolute Gasteiger partial charge is 0.0594 e. The molecule has 0 aromatic rings. The first-order valence-corrected chi connectivity index (χ1v) is 8.88. The molecule has 0 aromatic carbocycles. The van der Waals surface area contributed by atoms with E-state index < -0.39 is 0 Å². The second-order valence-electron chi connectivity index (χ2n) is 9.01. The summed E-state index contributed by atoms with van der Waals surface area (Å²) < 4.78 is 5.55. The summed E-state index contributed by atoms with van der Waals surface area (Å²) in [5.74, 6) is 3.25. The molecule has 1 aliphatic heterocycles. The summed E-state index contributed by atoms with van der Waals surface area (Å²) in [6, 6.07) is 0. The van der Waals surface area contributed by atoms with E-state index in [2.05, 4.69) is 18.7 Å². The zero-order valence-electron chi connectivity index (χ0n) is 13.4. The molecule has 2 nitrogen and oxygen atoms in total. The summed E-state index contributed by atoms with van der Waals surface area (Å²) >= 11 is 0. The van der Waals surface area contributed by atoms with Gasteiger partial charge in [-0.1, -0.05) is 0 Å². The largest absolute Gasteiger partial charge is 0.379 e. The number of rotatable bonds is 3. The van der Waals surface area contributed by atoms with Crippen LogP contribution >= 0.6 is 0 Å². The first-order valence-electron chi connectivity index (χ1n) is 8.88. The fourth-order valence-electron chi connectivity index (χ4n) is 6.70.